The molecule has 0 heterocycles. The smallest absolute Gasteiger partial charge is 0.0361 e. The van der Waals surface area contributed by atoms with Gasteiger partial charge in [0.25, 0.3) is 0 Å². The van der Waals surface area contributed by atoms with Crippen LogP contribution < -0.4 is 10.2 Å². The van der Waals surface area contributed by atoms with E-state index in [2.05, 4.69) is 47.3 Å². The predicted octanol–water partition coefficient (Wildman–Crippen LogP) is 2.64. The molecule has 1 unspecified atom stereocenters. The van der Waals surface area contributed by atoms with Crippen LogP contribution >= 0.6 is 0 Å². The number of hydrogen-bond donors (Lipinski definition) is 1. The van der Waals surface area contributed by atoms with Crippen molar-refractivity contribution in [2.45, 2.75) is 32.4 Å². The lowest BCUT2D eigenvalue weighted by Gasteiger charge is -2.15. The molecule has 2 heteroatoms. The number of rotatable bonds is 6. The maximum atomic E-state index is 5.33. The minimum Gasteiger partial charge on any atom is -0.378 e. The molecule has 92 valence electrons. The molecule has 0 saturated carbocycles. The number of hydrogen-bond acceptors (Lipinski definition) is 2. The van der Waals surface area contributed by atoms with Gasteiger partial charge in [0.05, 0.1) is 0 Å². The molecule has 0 amide bonds. The van der Waals surface area contributed by atoms with Gasteiger partial charge in [0.15, 0.2) is 0 Å². The topological polar surface area (TPSA) is 15.3 Å². The van der Waals surface area contributed by atoms with Gasteiger partial charge < -0.3 is 10.2 Å². The van der Waals surface area contributed by atoms with E-state index in [4.69, 9.17) is 6.42 Å². The molecule has 0 saturated heterocycles. The molecule has 0 aliphatic carbocycles. The summed E-state index contributed by atoms with van der Waals surface area (Å²) < 4.78 is 0. The summed E-state index contributed by atoms with van der Waals surface area (Å²) in [5.41, 5.74) is 2.52. The molecule has 1 aromatic carbocycles. The van der Waals surface area contributed by atoms with Gasteiger partial charge in [0, 0.05) is 38.8 Å². The van der Waals surface area contributed by atoms with Crippen LogP contribution in [0.5, 0.6) is 0 Å². The first kappa shape index (κ1) is 13.6. The summed E-state index contributed by atoms with van der Waals surface area (Å²) in [7, 11) is 4.10. The second-order valence-corrected chi connectivity index (χ2v) is 4.46. The van der Waals surface area contributed by atoms with Crippen molar-refractivity contribution in [3.8, 4) is 12.3 Å². The van der Waals surface area contributed by atoms with Crippen LogP contribution in [0.15, 0.2) is 24.3 Å². The second kappa shape index (κ2) is 6.98. The molecule has 1 N–H and O–H groups in total. The minimum absolute atomic E-state index is 0.425. The largest absolute Gasteiger partial charge is 0.378 e. The van der Waals surface area contributed by atoms with Gasteiger partial charge in [-0.25, -0.2) is 0 Å². The van der Waals surface area contributed by atoms with Gasteiger partial charge in [-0.2, -0.15) is 0 Å². The molecule has 0 radical (unpaired) electrons. The van der Waals surface area contributed by atoms with Crippen molar-refractivity contribution >= 4 is 5.69 Å². The maximum absolute atomic E-state index is 5.33. The molecule has 17 heavy (non-hydrogen) atoms. The number of nitrogens with one attached hydrogen (secondary N) is 1. The normalized spacial score (nSPS) is 11.9. The van der Waals surface area contributed by atoms with Crippen LogP contribution in [0.25, 0.3) is 0 Å². The zero-order valence-electron chi connectivity index (χ0n) is 11.0. The van der Waals surface area contributed by atoms with Gasteiger partial charge >= 0.3 is 0 Å². The molecule has 2 nitrogen and oxygen atoms in total. The quantitative estimate of drug-likeness (QED) is 0.756. The zero-order chi connectivity index (χ0) is 12.7. The Hall–Kier alpha value is -1.46. The third kappa shape index (κ3) is 4.50. The van der Waals surface area contributed by atoms with E-state index in [1.807, 2.05) is 14.1 Å². The van der Waals surface area contributed by atoms with E-state index in [9.17, 15) is 0 Å². The summed E-state index contributed by atoms with van der Waals surface area (Å²) in [5.74, 6) is 2.71. The summed E-state index contributed by atoms with van der Waals surface area (Å²) >= 11 is 0. The molecule has 1 rings (SSSR count). The fourth-order valence-electron chi connectivity index (χ4n) is 1.68. The van der Waals surface area contributed by atoms with Crippen molar-refractivity contribution in [2.24, 2.45) is 0 Å². The summed E-state index contributed by atoms with van der Waals surface area (Å²) in [6.45, 7) is 3.04. The van der Waals surface area contributed by atoms with Crippen LogP contribution in [0.1, 0.15) is 25.3 Å². The van der Waals surface area contributed by atoms with Crippen LogP contribution in [-0.4, -0.2) is 20.1 Å². The van der Waals surface area contributed by atoms with E-state index in [0.717, 1.165) is 19.4 Å². The second-order valence-electron chi connectivity index (χ2n) is 4.46. The molecule has 0 aliphatic heterocycles. The molecule has 0 spiro atoms. The SMILES string of the molecule is C#CCC(CC)NCc1ccc(N(C)C)cc1. The highest BCUT2D eigenvalue weighted by atomic mass is 15.1. The van der Waals surface area contributed by atoms with E-state index < -0.39 is 0 Å². The van der Waals surface area contributed by atoms with Gasteiger partial charge in [-0.15, -0.1) is 12.3 Å². The third-order valence-corrected chi connectivity index (χ3v) is 2.90. The molecular weight excluding hydrogens is 208 g/mol. The Morgan fingerprint density at radius 1 is 1.29 bits per heavy atom. The van der Waals surface area contributed by atoms with Crippen molar-refractivity contribution in [3.05, 3.63) is 29.8 Å². The van der Waals surface area contributed by atoms with Crippen molar-refractivity contribution in [2.75, 3.05) is 19.0 Å². The number of benzene rings is 1. The first-order chi connectivity index (χ1) is 8.17. The fourth-order valence-corrected chi connectivity index (χ4v) is 1.68. The average molecular weight is 230 g/mol. The molecule has 0 aliphatic rings. The van der Waals surface area contributed by atoms with Gasteiger partial charge in [-0.05, 0) is 24.1 Å². The van der Waals surface area contributed by atoms with Crippen molar-refractivity contribution < 1.29 is 0 Å². The highest BCUT2D eigenvalue weighted by Crippen LogP contribution is 2.12. The van der Waals surface area contributed by atoms with E-state index in [1.54, 1.807) is 0 Å². The average Bonchev–Trinajstić information content (AvgIpc) is 2.35. The third-order valence-electron chi connectivity index (χ3n) is 2.90. The van der Waals surface area contributed by atoms with E-state index in [0.29, 0.717) is 6.04 Å². The van der Waals surface area contributed by atoms with Crippen LogP contribution in [0.3, 0.4) is 0 Å². The molecule has 0 aromatic heterocycles. The Morgan fingerprint density at radius 2 is 1.94 bits per heavy atom. The van der Waals surface area contributed by atoms with Crippen molar-refractivity contribution in [3.63, 3.8) is 0 Å². The molecule has 0 fully saturated rings. The number of terminal acetylenes is 1. The minimum atomic E-state index is 0.425. The van der Waals surface area contributed by atoms with Crippen LogP contribution in [0.2, 0.25) is 0 Å². The lowest BCUT2D eigenvalue weighted by atomic mass is 10.1. The monoisotopic (exact) mass is 230 g/mol. The van der Waals surface area contributed by atoms with Crippen LogP contribution in [0.4, 0.5) is 5.69 Å². The van der Waals surface area contributed by atoms with Crippen LogP contribution in [0, 0.1) is 12.3 Å². The summed E-state index contributed by atoms with van der Waals surface area (Å²) in [6.07, 6.45) is 7.20. The Bertz CT molecular complexity index is 360. The standard InChI is InChI=1S/C15H22N2/c1-5-7-14(6-2)16-12-13-8-10-15(11-9-13)17(3)4/h1,8-11,14,16H,6-7,12H2,2-4H3. The van der Waals surface area contributed by atoms with E-state index >= 15 is 0 Å². The van der Waals surface area contributed by atoms with Crippen molar-refractivity contribution in [1.82, 2.24) is 5.32 Å². The summed E-state index contributed by atoms with van der Waals surface area (Å²) in [6, 6.07) is 9.02. The van der Waals surface area contributed by atoms with Gasteiger partial charge in [0.1, 0.15) is 0 Å². The number of nitrogens with zero attached hydrogens (tertiary/aromatic N) is 1. The van der Waals surface area contributed by atoms with Crippen molar-refractivity contribution in [1.29, 1.82) is 0 Å². The molecule has 1 aromatic rings. The van der Waals surface area contributed by atoms with E-state index in [1.165, 1.54) is 11.3 Å². The Kier molecular flexibility index (Phi) is 5.59. The lowest BCUT2D eigenvalue weighted by molar-refractivity contribution is 0.507. The fraction of sp³-hybridized carbons (Fsp3) is 0.467. The highest BCUT2D eigenvalue weighted by molar-refractivity contribution is 5.45. The molecule has 0 bridgehead atoms. The highest BCUT2D eigenvalue weighted by Gasteiger charge is 2.03. The molecular formula is C15H22N2. The Morgan fingerprint density at radius 3 is 2.41 bits per heavy atom. The first-order valence-corrected chi connectivity index (χ1v) is 6.10. The summed E-state index contributed by atoms with van der Waals surface area (Å²) in [4.78, 5) is 2.10. The van der Waals surface area contributed by atoms with E-state index in [-0.39, 0.29) is 0 Å². The lowest BCUT2D eigenvalue weighted by Crippen LogP contribution is -2.27. The maximum Gasteiger partial charge on any atom is 0.0361 e. The first-order valence-electron chi connectivity index (χ1n) is 6.10. The zero-order valence-corrected chi connectivity index (χ0v) is 11.0. The Labute approximate surface area is 105 Å². The summed E-state index contributed by atoms with van der Waals surface area (Å²) in [5, 5.41) is 3.48. The van der Waals surface area contributed by atoms with Crippen LogP contribution in [-0.2, 0) is 6.54 Å². The molecule has 1 atom stereocenters. The number of anilines is 1. The van der Waals surface area contributed by atoms with Gasteiger partial charge in [-0.1, -0.05) is 19.1 Å². The van der Waals surface area contributed by atoms with Gasteiger partial charge in [-0.3, -0.25) is 0 Å². The van der Waals surface area contributed by atoms with Gasteiger partial charge in [0.2, 0.25) is 0 Å². The Balaban J connectivity index is 2.49. The predicted molar refractivity (Wildman–Crippen MR) is 75.1 cm³/mol.